The van der Waals surface area contributed by atoms with Crippen molar-refractivity contribution in [1.29, 1.82) is 0 Å². The van der Waals surface area contributed by atoms with E-state index in [2.05, 4.69) is 9.84 Å². The highest BCUT2D eigenvalue weighted by Crippen LogP contribution is 2.11. The Morgan fingerprint density at radius 3 is 2.81 bits per heavy atom. The van der Waals surface area contributed by atoms with Gasteiger partial charge in [-0.25, -0.2) is 4.79 Å². The zero-order valence-electron chi connectivity index (χ0n) is 9.01. The Balaban J connectivity index is 2.98. The van der Waals surface area contributed by atoms with E-state index in [1.165, 1.54) is 18.0 Å². The summed E-state index contributed by atoms with van der Waals surface area (Å²) >= 11 is 0. The van der Waals surface area contributed by atoms with Gasteiger partial charge in [0, 0.05) is 13.5 Å². The first kappa shape index (κ1) is 12.2. The molecule has 0 saturated heterocycles. The molecule has 0 aliphatic carbocycles. The van der Waals surface area contributed by atoms with Crippen molar-refractivity contribution in [3.05, 3.63) is 17.5 Å². The van der Waals surface area contributed by atoms with Gasteiger partial charge in [0.25, 0.3) is 0 Å². The van der Waals surface area contributed by atoms with Crippen LogP contribution in [0.1, 0.15) is 16.1 Å². The third kappa shape index (κ3) is 2.37. The lowest BCUT2D eigenvalue weighted by atomic mass is 10.1. The van der Waals surface area contributed by atoms with Crippen LogP contribution in [0.25, 0.3) is 0 Å². The smallest absolute Gasteiger partial charge is 0.341 e. The van der Waals surface area contributed by atoms with Crippen molar-refractivity contribution in [2.45, 2.75) is 12.5 Å². The molecule has 0 saturated carbocycles. The van der Waals surface area contributed by atoms with Crippen LogP contribution in [-0.4, -0.2) is 40.0 Å². The molecule has 16 heavy (non-hydrogen) atoms. The number of esters is 1. The zero-order chi connectivity index (χ0) is 12.3. The summed E-state index contributed by atoms with van der Waals surface area (Å²) in [6, 6.07) is -1.07. The molecule has 0 radical (unpaired) electrons. The van der Waals surface area contributed by atoms with Gasteiger partial charge < -0.3 is 15.6 Å². The normalized spacial score (nSPS) is 12.2. The number of nitrogens with zero attached hydrogens (tertiary/aromatic N) is 2. The summed E-state index contributed by atoms with van der Waals surface area (Å²) in [4.78, 5) is 22.0. The molecule has 3 N–H and O–H groups in total. The van der Waals surface area contributed by atoms with Crippen LogP contribution in [0.4, 0.5) is 0 Å². The standard InChI is InChI=1S/C9H13N3O4/c1-12-7(3-6(10)8(13)14)5(4-11-12)9(15)16-2/h4,6H,3,10H2,1-2H3,(H,13,14). The van der Waals surface area contributed by atoms with E-state index in [1.807, 2.05) is 0 Å². The molecule has 7 heteroatoms. The van der Waals surface area contributed by atoms with Crippen LogP contribution in [0.2, 0.25) is 0 Å². The van der Waals surface area contributed by atoms with Gasteiger partial charge in [0.05, 0.1) is 19.0 Å². The van der Waals surface area contributed by atoms with Crippen LogP contribution in [0.5, 0.6) is 0 Å². The van der Waals surface area contributed by atoms with Crippen molar-refractivity contribution in [2.75, 3.05) is 7.11 Å². The first-order chi connectivity index (χ1) is 7.47. The van der Waals surface area contributed by atoms with Gasteiger partial charge in [-0.15, -0.1) is 0 Å². The van der Waals surface area contributed by atoms with Gasteiger partial charge in [0.1, 0.15) is 11.6 Å². The maximum absolute atomic E-state index is 11.3. The third-order valence-corrected chi connectivity index (χ3v) is 2.20. The molecule has 88 valence electrons. The minimum absolute atomic E-state index is 0.0241. The van der Waals surface area contributed by atoms with E-state index in [9.17, 15) is 9.59 Å². The van der Waals surface area contributed by atoms with E-state index in [0.717, 1.165) is 0 Å². The second-order valence-corrected chi connectivity index (χ2v) is 3.27. The van der Waals surface area contributed by atoms with Gasteiger partial charge >= 0.3 is 11.9 Å². The molecule has 0 aliphatic rings. The van der Waals surface area contributed by atoms with Crippen molar-refractivity contribution in [3.63, 3.8) is 0 Å². The number of hydrogen-bond acceptors (Lipinski definition) is 5. The molecule has 0 spiro atoms. The molecule has 0 bridgehead atoms. The number of carboxylic acids is 1. The topological polar surface area (TPSA) is 107 Å². The van der Waals surface area contributed by atoms with Crippen molar-refractivity contribution in [1.82, 2.24) is 9.78 Å². The summed E-state index contributed by atoms with van der Waals surface area (Å²) in [5, 5.41) is 12.6. The molecule has 1 rings (SSSR count). The van der Waals surface area contributed by atoms with Gasteiger partial charge in [-0.3, -0.25) is 9.48 Å². The third-order valence-electron chi connectivity index (χ3n) is 2.20. The average molecular weight is 227 g/mol. The Bertz CT molecular complexity index is 413. The SMILES string of the molecule is COC(=O)c1cnn(C)c1CC(N)C(=O)O. The van der Waals surface area contributed by atoms with Crippen molar-refractivity contribution in [3.8, 4) is 0 Å². The second kappa shape index (κ2) is 4.75. The Labute approximate surface area is 91.8 Å². The fourth-order valence-electron chi connectivity index (χ4n) is 1.28. The number of rotatable bonds is 4. The number of aliphatic carboxylic acids is 1. The van der Waals surface area contributed by atoms with Crippen LogP contribution >= 0.6 is 0 Å². The Morgan fingerprint density at radius 1 is 1.69 bits per heavy atom. The Kier molecular flexibility index (Phi) is 3.62. The minimum Gasteiger partial charge on any atom is -0.480 e. The Hall–Kier alpha value is -1.89. The summed E-state index contributed by atoms with van der Waals surface area (Å²) < 4.78 is 5.96. The van der Waals surface area contributed by atoms with Gasteiger partial charge in [0.2, 0.25) is 0 Å². The predicted octanol–water partition coefficient (Wildman–Crippen LogP) is -0.839. The summed E-state index contributed by atoms with van der Waals surface area (Å²) in [7, 11) is 2.85. The van der Waals surface area contributed by atoms with Crippen molar-refractivity contribution >= 4 is 11.9 Å². The molecular formula is C9H13N3O4. The summed E-state index contributed by atoms with van der Waals surface area (Å²) in [6.07, 6.45) is 1.35. The highest BCUT2D eigenvalue weighted by atomic mass is 16.5. The van der Waals surface area contributed by atoms with E-state index in [-0.39, 0.29) is 12.0 Å². The predicted molar refractivity (Wildman–Crippen MR) is 53.9 cm³/mol. The maximum atomic E-state index is 11.3. The molecule has 0 aromatic carbocycles. The number of carbonyl (C=O) groups excluding carboxylic acids is 1. The number of ether oxygens (including phenoxy) is 1. The number of nitrogens with two attached hydrogens (primary N) is 1. The van der Waals surface area contributed by atoms with Gasteiger partial charge in [-0.1, -0.05) is 0 Å². The molecule has 0 fully saturated rings. The zero-order valence-corrected chi connectivity index (χ0v) is 9.01. The lowest BCUT2D eigenvalue weighted by Crippen LogP contribution is -2.33. The second-order valence-electron chi connectivity index (χ2n) is 3.27. The highest BCUT2D eigenvalue weighted by molar-refractivity contribution is 5.90. The molecule has 1 unspecified atom stereocenters. The number of hydrogen-bond donors (Lipinski definition) is 2. The molecule has 1 aromatic heterocycles. The number of aromatic nitrogens is 2. The lowest BCUT2D eigenvalue weighted by molar-refractivity contribution is -0.138. The Morgan fingerprint density at radius 2 is 2.31 bits per heavy atom. The molecule has 7 nitrogen and oxygen atoms in total. The van der Waals surface area contributed by atoms with E-state index in [1.54, 1.807) is 7.05 Å². The first-order valence-electron chi connectivity index (χ1n) is 4.55. The van der Waals surface area contributed by atoms with E-state index in [4.69, 9.17) is 10.8 Å². The van der Waals surface area contributed by atoms with Gasteiger partial charge in [-0.05, 0) is 0 Å². The van der Waals surface area contributed by atoms with Gasteiger partial charge in [-0.2, -0.15) is 5.10 Å². The summed E-state index contributed by atoms with van der Waals surface area (Å²) in [5.74, 6) is -1.68. The first-order valence-corrected chi connectivity index (χ1v) is 4.55. The largest absolute Gasteiger partial charge is 0.480 e. The number of carbonyl (C=O) groups is 2. The monoisotopic (exact) mass is 227 g/mol. The molecule has 0 aliphatic heterocycles. The number of carboxylic acid groups (broad SMARTS) is 1. The van der Waals surface area contributed by atoms with Crippen LogP contribution in [-0.2, 0) is 23.0 Å². The number of aryl methyl sites for hydroxylation is 1. The fraction of sp³-hybridized carbons (Fsp3) is 0.444. The molecular weight excluding hydrogens is 214 g/mol. The van der Waals surface area contributed by atoms with E-state index >= 15 is 0 Å². The van der Waals surface area contributed by atoms with E-state index in [0.29, 0.717) is 5.69 Å². The van der Waals surface area contributed by atoms with Crippen LogP contribution < -0.4 is 5.73 Å². The van der Waals surface area contributed by atoms with Crippen LogP contribution in [0.15, 0.2) is 6.20 Å². The summed E-state index contributed by atoms with van der Waals surface area (Å²) in [6.45, 7) is 0. The lowest BCUT2D eigenvalue weighted by Gasteiger charge is -2.08. The maximum Gasteiger partial charge on any atom is 0.341 e. The quantitative estimate of drug-likeness (QED) is 0.649. The van der Waals surface area contributed by atoms with Crippen LogP contribution in [0, 0.1) is 0 Å². The molecule has 1 heterocycles. The average Bonchev–Trinajstić information content (AvgIpc) is 2.59. The molecule has 1 atom stereocenters. The molecule has 1 aromatic rings. The van der Waals surface area contributed by atoms with Crippen molar-refractivity contribution < 1.29 is 19.4 Å². The fourth-order valence-corrected chi connectivity index (χ4v) is 1.28. The number of methoxy groups -OCH3 is 1. The van der Waals surface area contributed by atoms with Crippen molar-refractivity contribution in [2.24, 2.45) is 12.8 Å². The van der Waals surface area contributed by atoms with Crippen LogP contribution in [0.3, 0.4) is 0 Å². The molecule has 0 amide bonds. The van der Waals surface area contributed by atoms with E-state index < -0.39 is 18.0 Å². The highest BCUT2D eigenvalue weighted by Gasteiger charge is 2.21. The van der Waals surface area contributed by atoms with Gasteiger partial charge in [0.15, 0.2) is 0 Å². The summed E-state index contributed by atoms with van der Waals surface area (Å²) in [5.41, 5.74) is 6.08. The minimum atomic E-state index is -1.13.